The lowest BCUT2D eigenvalue weighted by Crippen LogP contribution is -2.26. The van der Waals surface area contributed by atoms with Crippen LogP contribution < -0.4 is 11.0 Å². The van der Waals surface area contributed by atoms with Crippen LogP contribution in [-0.2, 0) is 22.7 Å². The quantitative estimate of drug-likeness (QED) is 0.847. The molecule has 22 heavy (non-hydrogen) atoms. The summed E-state index contributed by atoms with van der Waals surface area (Å²) in [6.07, 6.45) is 0.574. The van der Waals surface area contributed by atoms with Crippen molar-refractivity contribution in [3.63, 3.8) is 0 Å². The summed E-state index contributed by atoms with van der Waals surface area (Å²) in [7, 11) is 0. The Morgan fingerprint density at radius 2 is 1.95 bits per heavy atom. The van der Waals surface area contributed by atoms with Crippen LogP contribution in [-0.4, -0.2) is 20.9 Å². The Morgan fingerprint density at radius 1 is 1.23 bits per heavy atom. The van der Waals surface area contributed by atoms with Gasteiger partial charge in [0.25, 0.3) is 0 Å². The van der Waals surface area contributed by atoms with Gasteiger partial charge in [-0.3, -0.25) is 14.7 Å². The van der Waals surface area contributed by atoms with Gasteiger partial charge >= 0.3 is 11.8 Å². The van der Waals surface area contributed by atoms with Crippen LogP contribution in [0.2, 0.25) is 0 Å². The molecule has 0 aliphatic rings. The Balaban J connectivity index is 1.93. The highest BCUT2D eigenvalue weighted by atomic mass is 35.5. The monoisotopic (exact) mass is 321 g/mol. The van der Waals surface area contributed by atoms with E-state index in [0.29, 0.717) is 0 Å². The van der Waals surface area contributed by atoms with Crippen LogP contribution in [0.3, 0.4) is 0 Å². The van der Waals surface area contributed by atoms with E-state index in [0.717, 1.165) is 10.1 Å². The van der Waals surface area contributed by atoms with Gasteiger partial charge in [0.1, 0.15) is 19.0 Å². The number of ether oxygens (including phenoxy) is 1. The molecule has 0 saturated carbocycles. The molecule has 8 heteroatoms. The molecule has 0 saturated heterocycles. The van der Waals surface area contributed by atoms with E-state index in [9.17, 15) is 14.4 Å². The van der Waals surface area contributed by atoms with Crippen LogP contribution in [0, 0.1) is 0 Å². The van der Waals surface area contributed by atoms with Gasteiger partial charge in [0.05, 0.1) is 0 Å². The maximum absolute atomic E-state index is 11.6. The second-order valence-corrected chi connectivity index (χ2v) is 4.69. The van der Waals surface area contributed by atoms with Crippen LogP contribution in [0.1, 0.15) is 5.56 Å². The Labute approximate surface area is 130 Å². The molecule has 0 bridgehead atoms. The predicted octanol–water partition coefficient (Wildman–Crippen LogP) is 1.76. The number of rotatable bonds is 5. The molecular weight excluding hydrogens is 310 g/mol. The van der Waals surface area contributed by atoms with E-state index in [2.05, 4.69) is 10.3 Å². The summed E-state index contributed by atoms with van der Waals surface area (Å²) in [6, 6.07) is 10.5. The summed E-state index contributed by atoms with van der Waals surface area (Å²) in [5, 5.41) is 1.64. The Morgan fingerprint density at radius 3 is 2.59 bits per heavy atom. The number of benzene rings is 1. The number of halogens is 1. The van der Waals surface area contributed by atoms with E-state index in [4.69, 9.17) is 16.3 Å². The van der Waals surface area contributed by atoms with Crippen molar-refractivity contribution in [1.82, 2.24) is 9.55 Å². The number of nitrogens with one attached hydrogen (secondary N) is 1. The molecule has 1 amide bonds. The van der Waals surface area contributed by atoms with Gasteiger partial charge < -0.3 is 4.74 Å². The lowest BCUT2D eigenvalue weighted by Gasteiger charge is -2.07. The fraction of sp³-hybridized carbons (Fsp3) is 0.143. The molecule has 0 atom stereocenters. The highest BCUT2D eigenvalue weighted by Crippen LogP contribution is 2.03. The van der Waals surface area contributed by atoms with Crippen molar-refractivity contribution in [3.05, 3.63) is 58.6 Å². The summed E-state index contributed by atoms with van der Waals surface area (Å²) < 4.78 is 6.02. The SMILES string of the molecule is O=C(Cl)Cn1ccc(NC(=O)OCc2ccccc2)nc1=O. The molecule has 7 nitrogen and oxygen atoms in total. The number of amides is 1. The molecular formula is C14H12ClN3O4. The minimum absolute atomic E-state index is 0.0290. The van der Waals surface area contributed by atoms with Crippen molar-refractivity contribution in [1.29, 1.82) is 0 Å². The van der Waals surface area contributed by atoms with Crippen LogP contribution in [0.15, 0.2) is 47.4 Å². The van der Waals surface area contributed by atoms with Gasteiger partial charge in [-0.2, -0.15) is 4.98 Å². The molecule has 114 valence electrons. The summed E-state index contributed by atoms with van der Waals surface area (Å²) in [5.41, 5.74) is 0.136. The van der Waals surface area contributed by atoms with Crippen molar-refractivity contribution in [2.45, 2.75) is 13.2 Å². The minimum Gasteiger partial charge on any atom is -0.444 e. The molecule has 0 aliphatic heterocycles. The third-order valence-corrected chi connectivity index (χ3v) is 2.73. The van der Waals surface area contributed by atoms with Gasteiger partial charge in [-0.25, -0.2) is 9.59 Å². The maximum Gasteiger partial charge on any atom is 0.413 e. The van der Waals surface area contributed by atoms with E-state index in [-0.39, 0.29) is 19.0 Å². The molecule has 1 heterocycles. The second kappa shape index (κ2) is 7.37. The Hall–Kier alpha value is -2.67. The standard InChI is InChI=1S/C14H12ClN3O4/c15-11(19)8-18-7-6-12(16-13(18)20)17-14(21)22-9-10-4-2-1-3-5-10/h1-7H,8-9H2,(H,16,17,20,21). The number of carbonyl (C=O) groups is 2. The van der Waals surface area contributed by atoms with Crippen LogP contribution in [0.4, 0.5) is 10.6 Å². The average molecular weight is 322 g/mol. The largest absolute Gasteiger partial charge is 0.444 e. The molecule has 2 aromatic rings. The first-order valence-electron chi connectivity index (χ1n) is 6.28. The van der Waals surface area contributed by atoms with Crippen molar-refractivity contribution >= 4 is 28.8 Å². The second-order valence-electron chi connectivity index (χ2n) is 4.27. The summed E-state index contributed by atoms with van der Waals surface area (Å²) in [6.45, 7) is -0.184. The Kier molecular flexibility index (Phi) is 5.26. The maximum atomic E-state index is 11.6. The lowest BCUT2D eigenvalue weighted by molar-refractivity contribution is -0.112. The minimum atomic E-state index is -0.734. The lowest BCUT2D eigenvalue weighted by atomic mass is 10.2. The van der Waals surface area contributed by atoms with Crippen molar-refractivity contribution in [3.8, 4) is 0 Å². The average Bonchev–Trinajstić information content (AvgIpc) is 2.49. The van der Waals surface area contributed by atoms with Gasteiger partial charge in [0, 0.05) is 6.20 Å². The van der Waals surface area contributed by atoms with E-state index in [1.807, 2.05) is 30.3 Å². The number of carbonyl (C=O) groups excluding carboxylic acids is 2. The Bertz CT molecular complexity index is 730. The molecule has 0 fully saturated rings. The third-order valence-electron chi connectivity index (χ3n) is 2.61. The summed E-state index contributed by atoms with van der Waals surface area (Å²) in [4.78, 5) is 37.5. The highest BCUT2D eigenvalue weighted by molar-refractivity contribution is 6.63. The zero-order valence-electron chi connectivity index (χ0n) is 11.4. The van der Waals surface area contributed by atoms with Crippen molar-refractivity contribution in [2.24, 2.45) is 0 Å². The van der Waals surface area contributed by atoms with E-state index < -0.39 is 17.0 Å². The number of hydrogen-bond donors (Lipinski definition) is 1. The molecule has 1 aromatic carbocycles. The van der Waals surface area contributed by atoms with Crippen LogP contribution >= 0.6 is 11.6 Å². The molecule has 0 aliphatic carbocycles. The highest BCUT2D eigenvalue weighted by Gasteiger charge is 2.07. The van der Waals surface area contributed by atoms with Gasteiger partial charge in [-0.05, 0) is 23.2 Å². The number of hydrogen-bond acceptors (Lipinski definition) is 5. The third kappa shape index (κ3) is 4.71. The molecule has 0 unspecified atom stereocenters. The molecule has 2 rings (SSSR count). The summed E-state index contributed by atoms with van der Waals surface area (Å²) >= 11 is 5.19. The van der Waals surface area contributed by atoms with E-state index in [1.165, 1.54) is 12.3 Å². The normalized spacial score (nSPS) is 10.0. The zero-order valence-corrected chi connectivity index (χ0v) is 12.1. The smallest absolute Gasteiger partial charge is 0.413 e. The van der Waals surface area contributed by atoms with Gasteiger partial charge in [-0.15, -0.1) is 0 Å². The van der Waals surface area contributed by atoms with Gasteiger partial charge in [0.15, 0.2) is 0 Å². The zero-order chi connectivity index (χ0) is 15.9. The molecule has 1 N–H and O–H groups in total. The summed E-state index contributed by atoms with van der Waals surface area (Å²) in [5.74, 6) is 0.0290. The molecule has 0 radical (unpaired) electrons. The van der Waals surface area contributed by atoms with Crippen molar-refractivity contribution < 1.29 is 14.3 Å². The predicted molar refractivity (Wildman–Crippen MR) is 79.6 cm³/mol. The van der Waals surface area contributed by atoms with Crippen LogP contribution in [0.5, 0.6) is 0 Å². The topological polar surface area (TPSA) is 90.3 Å². The van der Waals surface area contributed by atoms with E-state index >= 15 is 0 Å². The molecule has 0 spiro atoms. The molecule has 1 aromatic heterocycles. The fourth-order valence-corrected chi connectivity index (χ4v) is 1.75. The number of anilines is 1. The van der Waals surface area contributed by atoms with Gasteiger partial charge in [-0.1, -0.05) is 30.3 Å². The fourth-order valence-electron chi connectivity index (χ4n) is 1.62. The number of nitrogens with zero attached hydrogens (tertiary/aromatic N) is 2. The van der Waals surface area contributed by atoms with E-state index in [1.54, 1.807) is 0 Å². The number of aromatic nitrogens is 2. The first-order valence-corrected chi connectivity index (χ1v) is 6.66. The first-order chi connectivity index (χ1) is 10.5. The van der Waals surface area contributed by atoms with Crippen molar-refractivity contribution in [2.75, 3.05) is 5.32 Å². The van der Waals surface area contributed by atoms with Crippen LogP contribution in [0.25, 0.3) is 0 Å². The van der Waals surface area contributed by atoms with Gasteiger partial charge in [0.2, 0.25) is 5.24 Å². The first kappa shape index (κ1) is 15.7.